The number of piperazine rings is 1. The summed E-state index contributed by atoms with van der Waals surface area (Å²) < 4.78 is 0. The van der Waals surface area contributed by atoms with Crippen LogP contribution in [-0.4, -0.2) is 75.2 Å². The zero-order valence-corrected chi connectivity index (χ0v) is 13.5. The van der Waals surface area contributed by atoms with E-state index in [0.717, 1.165) is 18.4 Å². The summed E-state index contributed by atoms with van der Waals surface area (Å²) in [7, 11) is 4.06. The maximum absolute atomic E-state index is 4.31. The third-order valence-electron chi connectivity index (χ3n) is 4.44. The van der Waals surface area contributed by atoms with Crippen LogP contribution in [0.25, 0.3) is 0 Å². The molecule has 1 heterocycles. The van der Waals surface area contributed by atoms with Crippen LogP contribution in [0.5, 0.6) is 0 Å². The van der Waals surface area contributed by atoms with Gasteiger partial charge in [-0.05, 0) is 25.3 Å². The molecule has 0 spiro atoms. The van der Waals surface area contributed by atoms with Crippen molar-refractivity contribution in [2.45, 2.75) is 26.3 Å². The molecule has 0 radical (unpaired) electrons. The summed E-state index contributed by atoms with van der Waals surface area (Å²) in [5.41, 5.74) is 0. The predicted molar refractivity (Wildman–Crippen MR) is 85.2 cm³/mol. The Morgan fingerprint density at radius 2 is 1.95 bits per heavy atom. The van der Waals surface area contributed by atoms with Crippen LogP contribution in [-0.2, 0) is 0 Å². The van der Waals surface area contributed by atoms with Crippen molar-refractivity contribution >= 4 is 5.96 Å². The first kappa shape index (κ1) is 15.6. The minimum atomic E-state index is 0.633. The van der Waals surface area contributed by atoms with Crippen molar-refractivity contribution in [3.63, 3.8) is 0 Å². The molecular formula is C15H31N5. The van der Waals surface area contributed by atoms with Crippen molar-refractivity contribution in [2.75, 3.05) is 53.4 Å². The second-order valence-electron chi connectivity index (χ2n) is 6.63. The summed E-state index contributed by atoms with van der Waals surface area (Å²) in [6, 6.07) is 0.633. The van der Waals surface area contributed by atoms with E-state index in [1.807, 2.05) is 7.05 Å². The smallest absolute Gasteiger partial charge is 0.191 e. The minimum absolute atomic E-state index is 0.633. The molecule has 2 N–H and O–H groups in total. The van der Waals surface area contributed by atoms with E-state index in [9.17, 15) is 0 Å². The molecule has 1 saturated heterocycles. The van der Waals surface area contributed by atoms with Gasteiger partial charge in [0.25, 0.3) is 0 Å². The van der Waals surface area contributed by atoms with Gasteiger partial charge in [-0.2, -0.15) is 0 Å². The topological polar surface area (TPSA) is 42.9 Å². The van der Waals surface area contributed by atoms with Crippen molar-refractivity contribution < 1.29 is 0 Å². The van der Waals surface area contributed by atoms with E-state index in [0.29, 0.717) is 12.0 Å². The summed E-state index contributed by atoms with van der Waals surface area (Å²) >= 11 is 0. The first-order valence-electron chi connectivity index (χ1n) is 7.96. The lowest BCUT2D eigenvalue weighted by atomic mass is 10.1. The van der Waals surface area contributed by atoms with Gasteiger partial charge in [-0.1, -0.05) is 13.8 Å². The maximum atomic E-state index is 4.31. The van der Waals surface area contributed by atoms with E-state index in [2.05, 4.69) is 46.3 Å². The van der Waals surface area contributed by atoms with E-state index in [1.165, 1.54) is 39.1 Å². The van der Waals surface area contributed by atoms with Crippen molar-refractivity contribution in [1.29, 1.82) is 0 Å². The number of hydrogen-bond acceptors (Lipinski definition) is 3. The van der Waals surface area contributed by atoms with E-state index < -0.39 is 0 Å². The highest BCUT2D eigenvalue weighted by molar-refractivity contribution is 5.80. The predicted octanol–water partition coefficient (Wildman–Crippen LogP) is 0.443. The molecule has 116 valence electrons. The SMILES string of the molecule is CN=C(NCC(C)CN1CCN(C)CC1)NC1CC1C. The van der Waals surface area contributed by atoms with E-state index >= 15 is 0 Å². The first-order chi connectivity index (χ1) is 9.58. The van der Waals surface area contributed by atoms with Gasteiger partial charge in [0.15, 0.2) is 5.96 Å². The van der Waals surface area contributed by atoms with Crippen LogP contribution < -0.4 is 10.6 Å². The Balaban J connectivity index is 1.62. The van der Waals surface area contributed by atoms with Crippen LogP contribution >= 0.6 is 0 Å². The monoisotopic (exact) mass is 281 g/mol. The Morgan fingerprint density at radius 1 is 1.30 bits per heavy atom. The average Bonchev–Trinajstić information content (AvgIpc) is 3.12. The molecular weight excluding hydrogens is 250 g/mol. The molecule has 20 heavy (non-hydrogen) atoms. The molecule has 2 rings (SSSR count). The average molecular weight is 281 g/mol. The molecule has 0 aromatic rings. The van der Waals surface area contributed by atoms with Crippen LogP contribution in [0.3, 0.4) is 0 Å². The van der Waals surface area contributed by atoms with Crippen LogP contribution in [0.15, 0.2) is 4.99 Å². The van der Waals surface area contributed by atoms with Crippen molar-refractivity contribution in [3.8, 4) is 0 Å². The fraction of sp³-hybridized carbons (Fsp3) is 0.933. The molecule has 2 fully saturated rings. The Morgan fingerprint density at radius 3 is 2.50 bits per heavy atom. The lowest BCUT2D eigenvalue weighted by Crippen LogP contribution is -2.47. The third-order valence-corrected chi connectivity index (χ3v) is 4.44. The van der Waals surface area contributed by atoms with E-state index in [-0.39, 0.29) is 0 Å². The quantitative estimate of drug-likeness (QED) is 0.567. The Labute approximate surface area is 123 Å². The van der Waals surface area contributed by atoms with Crippen LogP contribution in [0.4, 0.5) is 0 Å². The molecule has 2 aliphatic rings. The summed E-state index contributed by atoms with van der Waals surface area (Å²) in [5, 5.41) is 6.94. The second kappa shape index (κ2) is 7.27. The molecule has 1 saturated carbocycles. The van der Waals surface area contributed by atoms with Gasteiger partial charge in [0, 0.05) is 52.4 Å². The van der Waals surface area contributed by atoms with Gasteiger partial charge in [0.1, 0.15) is 0 Å². The zero-order chi connectivity index (χ0) is 14.5. The lowest BCUT2D eigenvalue weighted by Gasteiger charge is -2.34. The molecule has 0 aromatic carbocycles. The Kier molecular flexibility index (Phi) is 5.66. The van der Waals surface area contributed by atoms with Gasteiger partial charge in [-0.3, -0.25) is 4.99 Å². The fourth-order valence-corrected chi connectivity index (χ4v) is 2.70. The van der Waals surface area contributed by atoms with Crippen molar-refractivity contribution in [3.05, 3.63) is 0 Å². The largest absolute Gasteiger partial charge is 0.356 e. The zero-order valence-electron chi connectivity index (χ0n) is 13.5. The van der Waals surface area contributed by atoms with Crippen molar-refractivity contribution in [2.24, 2.45) is 16.8 Å². The third kappa shape index (κ3) is 4.94. The molecule has 0 aromatic heterocycles. The number of aliphatic imine (C=N–C) groups is 1. The Hall–Kier alpha value is -0.810. The molecule has 1 aliphatic carbocycles. The van der Waals surface area contributed by atoms with Gasteiger partial charge in [0.05, 0.1) is 0 Å². The summed E-state index contributed by atoms with van der Waals surface area (Å²) in [4.78, 5) is 9.29. The van der Waals surface area contributed by atoms with Gasteiger partial charge in [-0.25, -0.2) is 0 Å². The molecule has 0 amide bonds. The fourth-order valence-electron chi connectivity index (χ4n) is 2.70. The van der Waals surface area contributed by atoms with Crippen LogP contribution in [0.2, 0.25) is 0 Å². The molecule has 3 atom stereocenters. The van der Waals surface area contributed by atoms with Gasteiger partial charge in [-0.15, -0.1) is 0 Å². The maximum Gasteiger partial charge on any atom is 0.191 e. The van der Waals surface area contributed by atoms with Crippen LogP contribution in [0, 0.1) is 11.8 Å². The minimum Gasteiger partial charge on any atom is -0.356 e. The summed E-state index contributed by atoms with van der Waals surface area (Å²) in [6.07, 6.45) is 1.28. The van der Waals surface area contributed by atoms with Gasteiger partial charge < -0.3 is 20.4 Å². The molecule has 3 unspecified atom stereocenters. The highest BCUT2D eigenvalue weighted by Crippen LogP contribution is 2.28. The number of rotatable bonds is 5. The number of hydrogen-bond donors (Lipinski definition) is 2. The highest BCUT2D eigenvalue weighted by Gasteiger charge is 2.33. The standard InChI is InChI=1S/C15H31N5/c1-12(11-20-7-5-19(4)6-8-20)10-17-15(16-3)18-14-9-13(14)2/h12-14H,5-11H2,1-4H3,(H2,16,17,18). The van der Waals surface area contributed by atoms with E-state index in [1.54, 1.807) is 0 Å². The van der Waals surface area contributed by atoms with Gasteiger partial charge >= 0.3 is 0 Å². The second-order valence-corrected chi connectivity index (χ2v) is 6.63. The summed E-state index contributed by atoms with van der Waals surface area (Å²) in [5.74, 6) is 2.41. The molecule has 0 bridgehead atoms. The van der Waals surface area contributed by atoms with E-state index in [4.69, 9.17) is 0 Å². The highest BCUT2D eigenvalue weighted by atomic mass is 15.2. The van der Waals surface area contributed by atoms with Gasteiger partial charge in [0.2, 0.25) is 0 Å². The first-order valence-corrected chi connectivity index (χ1v) is 7.96. The van der Waals surface area contributed by atoms with Crippen molar-refractivity contribution in [1.82, 2.24) is 20.4 Å². The number of likely N-dealkylation sites (N-methyl/N-ethyl adjacent to an activating group) is 1. The molecule has 5 heteroatoms. The Bertz CT molecular complexity index is 322. The normalized spacial score (nSPS) is 30.1. The molecule has 5 nitrogen and oxygen atoms in total. The number of guanidine groups is 1. The lowest BCUT2D eigenvalue weighted by molar-refractivity contribution is 0.139. The van der Waals surface area contributed by atoms with Crippen LogP contribution in [0.1, 0.15) is 20.3 Å². The number of nitrogens with one attached hydrogen (secondary N) is 2. The number of nitrogens with zero attached hydrogens (tertiary/aromatic N) is 3. The molecule has 1 aliphatic heterocycles. The summed E-state index contributed by atoms with van der Waals surface area (Å²) in [6.45, 7) is 11.6.